The quantitative estimate of drug-likeness (QED) is 0.625. The van der Waals surface area contributed by atoms with Crippen LogP contribution < -0.4 is 11.1 Å². The number of hydrogen-bond acceptors (Lipinski definition) is 4. The highest BCUT2D eigenvalue weighted by Gasteiger charge is 2.41. The molecule has 6 heteroatoms. The zero-order valence-electron chi connectivity index (χ0n) is 11.3. The van der Waals surface area contributed by atoms with Gasteiger partial charge in [-0.15, -0.1) is 0 Å². The number of amides is 1. The van der Waals surface area contributed by atoms with Crippen LogP contribution in [0.15, 0.2) is 0 Å². The van der Waals surface area contributed by atoms with Gasteiger partial charge in [0.1, 0.15) is 5.54 Å². The molecule has 1 aliphatic heterocycles. The Balaban J connectivity index is 2.41. The van der Waals surface area contributed by atoms with Crippen LogP contribution in [0.25, 0.3) is 0 Å². The van der Waals surface area contributed by atoms with Crippen molar-refractivity contribution in [1.82, 2.24) is 10.2 Å². The third-order valence-corrected chi connectivity index (χ3v) is 3.56. The van der Waals surface area contributed by atoms with E-state index < -0.39 is 11.5 Å². The van der Waals surface area contributed by atoms with Crippen molar-refractivity contribution in [2.24, 2.45) is 11.7 Å². The van der Waals surface area contributed by atoms with Crippen LogP contribution in [0.1, 0.15) is 27.2 Å². The Morgan fingerprint density at radius 1 is 1.44 bits per heavy atom. The Labute approximate surface area is 108 Å². The molecule has 0 aromatic heterocycles. The van der Waals surface area contributed by atoms with Gasteiger partial charge in [0.15, 0.2) is 0 Å². The second-order valence-electron chi connectivity index (χ2n) is 5.52. The first kappa shape index (κ1) is 14.9. The molecular formula is C12H23N3O3. The van der Waals surface area contributed by atoms with E-state index in [0.29, 0.717) is 18.9 Å². The minimum Gasteiger partial charge on any atom is -0.480 e. The van der Waals surface area contributed by atoms with E-state index in [1.54, 1.807) is 4.90 Å². The number of aliphatic carboxylic acids is 1. The van der Waals surface area contributed by atoms with Crippen molar-refractivity contribution in [3.8, 4) is 0 Å². The first-order valence-corrected chi connectivity index (χ1v) is 6.28. The third kappa shape index (κ3) is 3.68. The van der Waals surface area contributed by atoms with Gasteiger partial charge in [0.2, 0.25) is 5.91 Å². The Kier molecular flexibility index (Phi) is 4.70. The van der Waals surface area contributed by atoms with Gasteiger partial charge in [-0.2, -0.15) is 0 Å². The largest absolute Gasteiger partial charge is 0.480 e. The van der Waals surface area contributed by atoms with Crippen LogP contribution in [-0.2, 0) is 9.59 Å². The summed E-state index contributed by atoms with van der Waals surface area (Å²) in [5.41, 5.74) is 4.54. The molecule has 4 N–H and O–H groups in total. The van der Waals surface area contributed by atoms with E-state index >= 15 is 0 Å². The predicted molar refractivity (Wildman–Crippen MR) is 68.1 cm³/mol. The standard InChI is InChI=1S/C12H23N3O3/c1-8(2)9(3)14-10(16)6-15-5-4-12(13,7-15)11(17)18/h8-9H,4-7,13H2,1-3H3,(H,14,16)(H,17,18). The Morgan fingerprint density at radius 2 is 2.06 bits per heavy atom. The van der Waals surface area contributed by atoms with Gasteiger partial charge in [-0.25, -0.2) is 0 Å². The van der Waals surface area contributed by atoms with Crippen molar-refractivity contribution in [3.05, 3.63) is 0 Å². The summed E-state index contributed by atoms with van der Waals surface area (Å²) in [5, 5.41) is 11.9. The zero-order chi connectivity index (χ0) is 13.9. The van der Waals surface area contributed by atoms with Crippen LogP contribution >= 0.6 is 0 Å². The van der Waals surface area contributed by atoms with Crippen LogP contribution in [0.5, 0.6) is 0 Å². The maximum atomic E-state index is 11.8. The Morgan fingerprint density at radius 3 is 2.50 bits per heavy atom. The van der Waals surface area contributed by atoms with Gasteiger partial charge in [0.25, 0.3) is 0 Å². The summed E-state index contributed by atoms with van der Waals surface area (Å²) in [6, 6.07) is 0.113. The van der Waals surface area contributed by atoms with E-state index in [1.807, 2.05) is 20.8 Å². The maximum Gasteiger partial charge on any atom is 0.325 e. The second-order valence-corrected chi connectivity index (χ2v) is 5.52. The Bertz CT molecular complexity index is 333. The van der Waals surface area contributed by atoms with E-state index in [4.69, 9.17) is 10.8 Å². The van der Waals surface area contributed by atoms with Crippen LogP contribution in [-0.4, -0.2) is 53.1 Å². The highest BCUT2D eigenvalue weighted by atomic mass is 16.4. The number of carbonyl (C=O) groups is 2. The molecular weight excluding hydrogens is 234 g/mol. The van der Waals surface area contributed by atoms with Gasteiger partial charge in [-0.1, -0.05) is 13.8 Å². The zero-order valence-corrected chi connectivity index (χ0v) is 11.3. The molecule has 0 aromatic carbocycles. The Hall–Kier alpha value is -1.14. The lowest BCUT2D eigenvalue weighted by molar-refractivity contribution is -0.143. The second kappa shape index (κ2) is 5.67. The van der Waals surface area contributed by atoms with Crippen LogP contribution in [0.4, 0.5) is 0 Å². The summed E-state index contributed by atoms with van der Waals surface area (Å²) in [7, 11) is 0. The molecule has 0 aliphatic carbocycles. The van der Waals surface area contributed by atoms with Crippen LogP contribution in [0, 0.1) is 5.92 Å². The van der Waals surface area contributed by atoms with Crippen LogP contribution in [0.3, 0.4) is 0 Å². The smallest absolute Gasteiger partial charge is 0.325 e. The minimum absolute atomic E-state index is 0.0779. The molecule has 1 fully saturated rings. The first-order valence-electron chi connectivity index (χ1n) is 6.28. The summed E-state index contributed by atoms with van der Waals surface area (Å²) in [5.74, 6) is -0.702. The van der Waals surface area contributed by atoms with E-state index in [0.717, 1.165) is 0 Å². The topological polar surface area (TPSA) is 95.7 Å². The molecule has 104 valence electrons. The van der Waals surface area contributed by atoms with Gasteiger partial charge >= 0.3 is 5.97 Å². The minimum atomic E-state index is -1.20. The summed E-state index contributed by atoms with van der Waals surface area (Å²) in [6.45, 7) is 7.02. The summed E-state index contributed by atoms with van der Waals surface area (Å²) >= 11 is 0. The lowest BCUT2D eigenvalue weighted by Crippen LogP contribution is -2.51. The monoisotopic (exact) mass is 257 g/mol. The molecule has 1 amide bonds. The van der Waals surface area contributed by atoms with E-state index in [-0.39, 0.29) is 25.0 Å². The molecule has 6 nitrogen and oxygen atoms in total. The lowest BCUT2D eigenvalue weighted by atomic mass is 10.0. The molecule has 0 saturated carbocycles. The molecule has 1 heterocycles. The van der Waals surface area contributed by atoms with Gasteiger partial charge < -0.3 is 16.2 Å². The highest BCUT2D eigenvalue weighted by molar-refractivity contribution is 5.81. The molecule has 0 spiro atoms. The third-order valence-electron chi connectivity index (χ3n) is 3.56. The number of rotatable bonds is 5. The molecule has 0 bridgehead atoms. The highest BCUT2D eigenvalue weighted by Crippen LogP contribution is 2.18. The van der Waals surface area contributed by atoms with Crippen molar-refractivity contribution < 1.29 is 14.7 Å². The van der Waals surface area contributed by atoms with E-state index in [9.17, 15) is 9.59 Å². The maximum absolute atomic E-state index is 11.8. The molecule has 1 aliphatic rings. The molecule has 0 radical (unpaired) electrons. The number of carbonyl (C=O) groups excluding carboxylic acids is 1. The van der Waals surface area contributed by atoms with Gasteiger partial charge in [-0.3, -0.25) is 14.5 Å². The van der Waals surface area contributed by atoms with Gasteiger partial charge in [-0.05, 0) is 19.3 Å². The number of nitrogens with zero attached hydrogens (tertiary/aromatic N) is 1. The fourth-order valence-electron chi connectivity index (χ4n) is 1.89. The summed E-state index contributed by atoms with van der Waals surface area (Å²) in [6.07, 6.45) is 0.384. The number of likely N-dealkylation sites (tertiary alicyclic amines) is 1. The normalized spacial score (nSPS) is 26.3. The molecule has 1 saturated heterocycles. The van der Waals surface area contributed by atoms with Gasteiger partial charge in [0.05, 0.1) is 6.54 Å². The van der Waals surface area contributed by atoms with Gasteiger partial charge in [0, 0.05) is 19.1 Å². The number of carboxylic acid groups (broad SMARTS) is 1. The number of nitrogens with two attached hydrogens (primary N) is 1. The SMILES string of the molecule is CC(C)C(C)NC(=O)CN1CCC(N)(C(=O)O)C1. The fourth-order valence-corrected chi connectivity index (χ4v) is 1.89. The van der Waals surface area contributed by atoms with Crippen molar-refractivity contribution in [2.75, 3.05) is 19.6 Å². The predicted octanol–water partition coefficient (Wildman–Crippen LogP) is -0.365. The van der Waals surface area contributed by atoms with E-state index in [1.165, 1.54) is 0 Å². The van der Waals surface area contributed by atoms with Crippen LogP contribution in [0.2, 0.25) is 0 Å². The molecule has 1 rings (SSSR count). The average Bonchev–Trinajstić information content (AvgIpc) is 2.61. The number of hydrogen-bond donors (Lipinski definition) is 3. The lowest BCUT2D eigenvalue weighted by Gasteiger charge is -2.22. The fraction of sp³-hybridized carbons (Fsp3) is 0.833. The molecule has 2 atom stereocenters. The van der Waals surface area contributed by atoms with Crippen molar-refractivity contribution in [2.45, 2.75) is 38.8 Å². The number of carboxylic acids is 1. The van der Waals surface area contributed by atoms with E-state index in [2.05, 4.69) is 5.32 Å². The summed E-state index contributed by atoms with van der Waals surface area (Å²) in [4.78, 5) is 24.5. The first-order chi connectivity index (χ1) is 8.24. The average molecular weight is 257 g/mol. The number of nitrogens with one attached hydrogen (secondary N) is 1. The van der Waals surface area contributed by atoms with Crippen molar-refractivity contribution in [1.29, 1.82) is 0 Å². The van der Waals surface area contributed by atoms with Crippen molar-refractivity contribution >= 4 is 11.9 Å². The molecule has 2 unspecified atom stereocenters. The van der Waals surface area contributed by atoms with Crippen molar-refractivity contribution in [3.63, 3.8) is 0 Å². The molecule has 0 aromatic rings. The molecule has 18 heavy (non-hydrogen) atoms. The summed E-state index contributed by atoms with van der Waals surface area (Å²) < 4.78 is 0.